The number of halogens is 2. The molecule has 1 aromatic carbocycles. The largest absolute Gasteiger partial charge is 0.349 e. The zero-order valence-electron chi connectivity index (χ0n) is 15.6. The van der Waals surface area contributed by atoms with E-state index < -0.39 is 10.0 Å². The maximum Gasteiger partial charge on any atom is 0.246 e. The summed E-state index contributed by atoms with van der Waals surface area (Å²) in [5.74, 6) is -0.612. The van der Waals surface area contributed by atoms with E-state index in [4.69, 9.17) is 11.6 Å². The minimum Gasteiger partial charge on any atom is -0.349 e. The Bertz CT molecular complexity index is 1040. The van der Waals surface area contributed by atoms with E-state index >= 15 is 0 Å². The Balaban J connectivity index is 1.39. The predicted molar refractivity (Wildman–Crippen MR) is 106 cm³/mol. The van der Waals surface area contributed by atoms with Crippen molar-refractivity contribution in [3.05, 3.63) is 58.6 Å². The first kappa shape index (κ1) is 20.3. The Morgan fingerprint density at radius 1 is 1.17 bits per heavy atom. The van der Waals surface area contributed by atoms with Crippen LogP contribution in [0.4, 0.5) is 4.39 Å². The van der Waals surface area contributed by atoms with E-state index in [9.17, 15) is 17.6 Å². The molecule has 1 unspecified atom stereocenters. The monoisotopic (exact) mass is 437 g/mol. The maximum atomic E-state index is 13.9. The van der Waals surface area contributed by atoms with Crippen LogP contribution in [0.15, 0.2) is 41.4 Å². The lowest BCUT2D eigenvalue weighted by molar-refractivity contribution is -0.126. The van der Waals surface area contributed by atoms with Crippen LogP contribution >= 0.6 is 11.6 Å². The summed E-state index contributed by atoms with van der Waals surface area (Å²) < 4.78 is 40.8. The van der Waals surface area contributed by atoms with Crippen LogP contribution in [0.5, 0.6) is 0 Å². The van der Waals surface area contributed by atoms with Crippen molar-refractivity contribution in [3.8, 4) is 0 Å². The van der Waals surface area contributed by atoms with Crippen molar-refractivity contribution in [1.29, 1.82) is 0 Å². The molecular weight excluding hydrogens is 417 g/mol. The Morgan fingerprint density at radius 3 is 2.66 bits per heavy atom. The van der Waals surface area contributed by atoms with Gasteiger partial charge < -0.3 is 5.32 Å². The van der Waals surface area contributed by atoms with Crippen molar-refractivity contribution in [2.24, 2.45) is 5.92 Å². The van der Waals surface area contributed by atoms with Gasteiger partial charge in [0.25, 0.3) is 0 Å². The highest BCUT2D eigenvalue weighted by Crippen LogP contribution is 2.33. The molecule has 6 nitrogen and oxygen atoms in total. The number of carbonyl (C=O) groups is 1. The zero-order chi connectivity index (χ0) is 20.6. The fourth-order valence-electron chi connectivity index (χ4n) is 4.11. The summed E-state index contributed by atoms with van der Waals surface area (Å²) in [5.41, 5.74) is 1.51. The molecule has 1 atom stereocenters. The molecule has 29 heavy (non-hydrogen) atoms. The van der Waals surface area contributed by atoms with Crippen LogP contribution in [-0.2, 0) is 21.2 Å². The molecule has 1 aromatic heterocycles. The molecular formula is C20H21ClFN3O3S. The summed E-state index contributed by atoms with van der Waals surface area (Å²) in [6, 6.07) is 7.72. The number of carbonyl (C=O) groups excluding carboxylic acids is 1. The van der Waals surface area contributed by atoms with Crippen molar-refractivity contribution in [2.45, 2.75) is 36.6 Å². The summed E-state index contributed by atoms with van der Waals surface area (Å²) in [7, 11) is -3.74. The van der Waals surface area contributed by atoms with Crippen LogP contribution in [0, 0.1) is 11.7 Å². The number of nitrogens with one attached hydrogen (secondary N) is 1. The highest BCUT2D eigenvalue weighted by Gasteiger charge is 2.35. The smallest absolute Gasteiger partial charge is 0.246 e. The average Bonchev–Trinajstić information content (AvgIpc) is 3.12. The molecule has 1 N–H and O–H groups in total. The van der Waals surface area contributed by atoms with Gasteiger partial charge in [-0.2, -0.15) is 4.31 Å². The molecule has 0 saturated carbocycles. The summed E-state index contributed by atoms with van der Waals surface area (Å²) in [4.78, 5) is 16.5. The van der Waals surface area contributed by atoms with Gasteiger partial charge in [-0.3, -0.25) is 4.79 Å². The number of sulfonamides is 1. The van der Waals surface area contributed by atoms with Crippen LogP contribution in [0.25, 0.3) is 0 Å². The molecule has 2 heterocycles. The molecule has 1 aliphatic heterocycles. The van der Waals surface area contributed by atoms with E-state index in [1.807, 2.05) is 6.07 Å². The number of nitrogens with zero attached hydrogens (tertiary/aromatic N) is 2. The summed E-state index contributed by atoms with van der Waals surface area (Å²) in [5, 5.41) is 2.97. The Kier molecular flexibility index (Phi) is 5.59. The predicted octanol–water partition coefficient (Wildman–Crippen LogP) is 3.08. The number of fused-ring (bicyclic) bond motifs is 1. The van der Waals surface area contributed by atoms with E-state index in [2.05, 4.69) is 10.3 Å². The van der Waals surface area contributed by atoms with Crippen molar-refractivity contribution in [1.82, 2.24) is 14.6 Å². The molecule has 154 valence electrons. The lowest BCUT2D eigenvalue weighted by Gasteiger charge is -2.31. The molecule has 1 fully saturated rings. The summed E-state index contributed by atoms with van der Waals surface area (Å²) in [6.07, 6.45) is 3.56. The Morgan fingerprint density at radius 2 is 1.93 bits per heavy atom. The summed E-state index contributed by atoms with van der Waals surface area (Å²) >= 11 is 5.95. The van der Waals surface area contributed by atoms with Gasteiger partial charge in [0.1, 0.15) is 15.9 Å². The van der Waals surface area contributed by atoms with Crippen molar-refractivity contribution >= 4 is 27.5 Å². The average molecular weight is 438 g/mol. The summed E-state index contributed by atoms with van der Waals surface area (Å²) in [6.45, 7) is 0.475. The molecule has 0 bridgehead atoms. The maximum absolute atomic E-state index is 13.9. The third-order valence-electron chi connectivity index (χ3n) is 5.70. The standard InChI is InChI=1S/C20H21ClFN3O3S/c21-19-18(5-2-10-23-19)29(27,28)25-11-8-13(9-12-25)20(26)24-17-7-6-14-15(17)3-1-4-16(14)22/h1-5,10,13,17H,6-9,11-12H2,(H,24,26). The number of rotatable bonds is 4. The van der Waals surface area contributed by atoms with Gasteiger partial charge in [-0.25, -0.2) is 17.8 Å². The van der Waals surface area contributed by atoms with Gasteiger partial charge in [-0.05, 0) is 55.0 Å². The quantitative estimate of drug-likeness (QED) is 0.745. The van der Waals surface area contributed by atoms with Crippen molar-refractivity contribution in [2.75, 3.05) is 13.1 Å². The normalized spacial score (nSPS) is 20.4. The molecule has 1 amide bonds. The second kappa shape index (κ2) is 8.01. The van der Waals surface area contributed by atoms with Crippen LogP contribution in [0.3, 0.4) is 0 Å². The highest BCUT2D eigenvalue weighted by atomic mass is 35.5. The lowest BCUT2D eigenvalue weighted by Crippen LogP contribution is -2.43. The number of hydrogen-bond donors (Lipinski definition) is 1. The van der Waals surface area contributed by atoms with Crippen LogP contribution < -0.4 is 5.32 Å². The Hall–Kier alpha value is -2.03. The SMILES string of the molecule is O=C(NC1CCc2c(F)cccc21)C1CCN(S(=O)(=O)c2cccnc2Cl)CC1. The molecule has 9 heteroatoms. The minimum absolute atomic E-state index is 0.0193. The third kappa shape index (κ3) is 3.89. The fourth-order valence-corrected chi connectivity index (χ4v) is 6.01. The number of aromatic nitrogens is 1. The van der Waals surface area contributed by atoms with Gasteiger partial charge in [0.15, 0.2) is 0 Å². The van der Waals surface area contributed by atoms with Gasteiger partial charge in [-0.1, -0.05) is 23.7 Å². The van der Waals surface area contributed by atoms with E-state index in [0.29, 0.717) is 31.2 Å². The van der Waals surface area contributed by atoms with Crippen molar-refractivity contribution in [3.63, 3.8) is 0 Å². The van der Waals surface area contributed by atoms with Gasteiger partial charge in [0.2, 0.25) is 15.9 Å². The first-order valence-electron chi connectivity index (χ1n) is 9.56. The molecule has 4 rings (SSSR count). The van der Waals surface area contributed by atoms with E-state index in [-0.39, 0.29) is 46.8 Å². The minimum atomic E-state index is -3.74. The van der Waals surface area contributed by atoms with E-state index in [1.54, 1.807) is 6.07 Å². The molecule has 0 radical (unpaired) electrons. The fraction of sp³-hybridized carbons (Fsp3) is 0.400. The lowest BCUT2D eigenvalue weighted by atomic mass is 9.96. The van der Waals surface area contributed by atoms with Gasteiger partial charge in [0.05, 0.1) is 6.04 Å². The van der Waals surface area contributed by atoms with E-state index in [0.717, 1.165) is 5.56 Å². The molecule has 2 aliphatic rings. The van der Waals surface area contributed by atoms with Crippen LogP contribution in [-0.4, -0.2) is 36.7 Å². The van der Waals surface area contributed by atoms with Crippen LogP contribution in [0.2, 0.25) is 5.15 Å². The highest BCUT2D eigenvalue weighted by molar-refractivity contribution is 7.89. The number of hydrogen-bond acceptors (Lipinski definition) is 4. The number of amides is 1. The number of pyridine rings is 1. The second-order valence-electron chi connectivity index (χ2n) is 7.38. The van der Waals surface area contributed by atoms with E-state index in [1.165, 1.54) is 28.7 Å². The van der Waals surface area contributed by atoms with Crippen LogP contribution in [0.1, 0.15) is 36.4 Å². The first-order valence-corrected chi connectivity index (χ1v) is 11.4. The zero-order valence-corrected chi connectivity index (χ0v) is 17.2. The van der Waals surface area contributed by atoms with Gasteiger partial charge in [-0.15, -0.1) is 0 Å². The first-order chi connectivity index (χ1) is 13.9. The van der Waals surface area contributed by atoms with Gasteiger partial charge >= 0.3 is 0 Å². The Labute approximate surface area is 174 Å². The molecule has 1 saturated heterocycles. The molecule has 0 spiro atoms. The number of benzene rings is 1. The molecule has 1 aliphatic carbocycles. The second-order valence-corrected chi connectivity index (χ2v) is 9.64. The molecule has 2 aromatic rings. The topological polar surface area (TPSA) is 79.4 Å². The van der Waals surface area contributed by atoms with Gasteiger partial charge in [0, 0.05) is 25.2 Å². The van der Waals surface area contributed by atoms with Crippen molar-refractivity contribution < 1.29 is 17.6 Å². The third-order valence-corrected chi connectivity index (χ3v) is 8.04. The number of piperidine rings is 1.